The molecule has 0 spiro atoms. The van der Waals surface area contributed by atoms with E-state index in [4.69, 9.17) is 0 Å². The Balaban J connectivity index is -0.000000111. The van der Waals surface area contributed by atoms with Gasteiger partial charge in [0.15, 0.2) is 0 Å². The highest BCUT2D eigenvalue weighted by Crippen LogP contribution is 2.21. The maximum absolute atomic E-state index is 4.03. The van der Waals surface area contributed by atoms with Gasteiger partial charge in [-0.15, -0.1) is 0 Å². The molecule has 0 heterocycles. The van der Waals surface area contributed by atoms with Crippen molar-refractivity contribution in [2.45, 2.75) is 277 Å². The number of hydrazone groups is 2. The molecule has 566 valence electrons. The molecule has 0 aromatic heterocycles. The van der Waals surface area contributed by atoms with E-state index in [1.54, 1.807) is 10.0 Å². The van der Waals surface area contributed by atoms with Crippen LogP contribution in [-0.4, -0.2) is 83.9 Å². The summed E-state index contributed by atoms with van der Waals surface area (Å²) in [4.78, 5) is 0. The minimum atomic E-state index is 0.992. The number of rotatable bonds is 5. The lowest BCUT2D eigenvalue weighted by Crippen LogP contribution is -2.03. The average Bonchev–Trinajstić information content (AvgIpc) is 0.834. The first-order valence-corrected chi connectivity index (χ1v) is 36.5. The van der Waals surface area contributed by atoms with Gasteiger partial charge in [-0.25, -0.2) is 0 Å². The van der Waals surface area contributed by atoms with Crippen molar-refractivity contribution in [3.05, 3.63) is 201 Å². The van der Waals surface area contributed by atoms with Gasteiger partial charge < -0.3 is 10.0 Å². The highest BCUT2D eigenvalue weighted by atomic mass is 15.4. The van der Waals surface area contributed by atoms with Crippen molar-refractivity contribution >= 4 is 67.2 Å². The molecule has 7 aromatic rings. The van der Waals surface area contributed by atoms with Crippen LogP contribution in [0.1, 0.15) is 263 Å². The van der Waals surface area contributed by atoms with E-state index in [0.29, 0.717) is 0 Å². The highest BCUT2D eigenvalue weighted by molar-refractivity contribution is 5.88. The average molecular weight is 1380 g/mol. The summed E-state index contributed by atoms with van der Waals surface area (Å²) in [6, 6.07) is 51.3. The third-order valence-corrected chi connectivity index (χ3v) is 10.5. The van der Waals surface area contributed by atoms with Crippen LogP contribution in [0.2, 0.25) is 0 Å². The Kier molecular flexibility index (Phi) is 90.7. The molecule has 10 nitrogen and oxygen atoms in total. The van der Waals surface area contributed by atoms with Gasteiger partial charge in [-0.2, -0.15) is 40.8 Å². The van der Waals surface area contributed by atoms with Crippen LogP contribution in [0.4, 0.5) is 0 Å². The number of aryl methyl sites for hydroxylation is 10. The van der Waals surface area contributed by atoms with E-state index < -0.39 is 0 Å². The summed E-state index contributed by atoms with van der Waals surface area (Å²) in [5, 5.41) is 40.0. The molecule has 0 radical (unpaired) electrons. The number of fused-ring (bicyclic) bond motifs is 2. The molecule has 7 aromatic carbocycles. The molecule has 0 fully saturated rings. The second-order valence-corrected chi connectivity index (χ2v) is 23.1. The first-order valence-electron chi connectivity index (χ1n) is 36.5. The summed E-state index contributed by atoms with van der Waals surface area (Å²) < 4.78 is 0. The molecule has 0 aliphatic carbocycles. The Bertz CT molecular complexity index is 2940. The Morgan fingerprint density at radius 3 is 0.580 bits per heavy atom. The van der Waals surface area contributed by atoms with Gasteiger partial charge in [-0.1, -0.05) is 276 Å². The SMILES string of the molecule is CC.CC.CC.CC.CC.CC.CC.CC(C)=NN(C)C.CC(C)=NN(C)C.CC(C)=NN=C(C)C.CC(C)=NN=C(C)C.CC(C)=NN=C(C)C.Cc1ccc(C)cc1.Cc1ccc2cc(C)ccc2c1.Cc1cccc(C)c1.Cc1cccc2c(C)cccc12.Cc1ccccc1C. The van der Waals surface area contributed by atoms with Gasteiger partial charge in [0.05, 0.1) is 0 Å². The zero-order valence-electron chi connectivity index (χ0n) is 73.3. The Labute approximate surface area is 621 Å². The highest BCUT2D eigenvalue weighted by Gasteiger charge is 1.97. The largest absolute Gasteiger partial charge is 0.303 e. The van der Waals surface area contributed by atoms with E-state index in [-0.39, 0.29) is 0 Å². The van der Waals surface area contributed by atoms with Gasteiger partial charge in [0.25, 0.3) is 0 Å². The fourth-order valence-electron chi connectivity index (χ4n) is 6.62. The third kappa shape index (κ3) is 84.2. The van der Waals surface area contributed by atoms with Crippen LogP contribution in [0.25, 0.3) is 21.5 Å². The zero-order chi connectivity index (χ0) is 80.5. The molecule has 100 heavy (non-hydrogen) atoms. The minimum absolute atomic E-state index is 0.992. The molecule has 0 unspecified atom stereocenters. The predicted octanol–water partition coefficient (Wildman–Crippen LogP) is 28.5. The minimum Gasteiger partial charge on any atom is -0.303 e. The Morgan fingerprint density at radius 2 is 0.410 bits per heavy atom. The molecule has 0 aliphatic rings. The number of hydrogen-bond donors (Lipinski definition) is 0. The molecule has 0 saturated carbocycles. The van der Waals surface area contributed by atoms with Crippen LogP contribution >= 0.6 is 0 Å². The van der Waals surface area contributed by atoms with Gasteiger partial charge in [0.1, 0.15) is 0 Å². The van der Waals surface area contributed by atoms with Crippen LogP contribution in [0.5, 0.6) is 0 Å². The van der Waals surface area contributed by atoms with Crippen LogP contribution in [0.15, 0.2) is 186 Å². The van der Waals surface area contributed by atoms with E-state index in [9.17, 15) is 0 Å². The molecule has 0 aliphatic heterocycles. The van der Waals surface area contributed by atoms with E-state index in [2.05, 4.69) is 256 Å². The molecule has 0 saturated heterocycles. The van der Waals surface area contributed by atoms with Crippen LogP contribution in [-0.2, 0) is 0 Å². The zero-order valence-corrected chi connectivity index (χ0v) is 73.3. The summed E-state index contributed by atoms with van der Waals surface area (Å²) in [7, 11) is 7.64. The topological polar surface area (TPSA) is 105 Å². The molecule has 0 N–H and O–H groups in total. The molecule has 0 atom stereocenters. The van der Waals surface area contributed by atoms with Crippen molar-refractivity contribution < 1.29 is 0 Å². The molecule has 0 amide bonds. The monoisotopic (exact) mass is 1380 g/mol. The van der Waals surface area contributed by atoms with E-state index in [0.717, 1.165) is 45.7 Å². The van der Waals surface area contributed by atoms with Crippen LogP contribution in [0, 0.1) is 69.2 Å². The van der Waals surface area contributed by atoms with Crippen LogP contribution < -0.4 is 0 Å². The van der Waals surface area contributed by atoms with Crippen molar-refractivity contribution in [1.29, 1.82) is 0 Å². The normalized spacial score (nSPS) is 8.20. The Hall–Kier alpha value is -7.98. The lowest BCUT2D eigenvalue weighted by molar-refractivity contribution is 0.437. The summed E-state index contributed by atoms with van der Waals surface area (Å²) >= 11 is 0. The summed E-state index contributed by atoms with van der Waals surface area (Å²) in [5.74, 6) is 0. The van der Waals surface area contributed by atoms with Crippen LogP contribution in [0.3, 0.4) is 0 Å². The van der Waals surface area contributed by atoms with Crippen molar-refractivity contribution in [1.82, 2.24) is 10.0 Å². The molecule has 0 bridgehead atoms. The molecule has 10 heteroatoms. The smallest absolute Gasteiger partial charge is 0.0344 e. The summed E-state index contributed by atoms with van der Waals surface area (Å²) in [6.45, 7) is 80.2. The van der Waals surface area contributed by atoms with E-state index in [1.807, 2.05) is 236 Å². The van der Waals surface area contributed by atoms with Crippen molar-refractivity contribution in [3.8, 4) is 0 Å². The van der Waals surface area contributed by atoms with Gasteiger partial charge in [-0.05, 0) is 224 Å². The van der Waals surface area contributed by atoms with Gasteiger partial charge in [0.2, 0.25) is 0 Å². The number of benzene rings is 7. The lowest BCUT2D eigenvalue weighted by Gasteiger charge is -2.03. The van der Waals surface area contributed by atoms with Crippen molar-refractivity contribution in [2.75, 3.05) is 28.2 Å². The fraction of sp³-hybridized carbons (Fsp3) is 0.489. The maximum atomic E-state index is 4.03. The van der Waals surface area contributed by atoms with Crippen molar-refractivity contribution in [3.63, 3.8) is 0 Å². The quantitative estimate of drug-likeness (QED) is 0.126. The van der Waals surface area contributed by atoms with Gasteiger partial charge in [-0.3, -0.25) is 0 Å². The summed E-state index contributed by atoms with van der Waals surface area (Å²) in [6.07, 6.45) is 0. The third-order valence-electron chi connectivity index (χ3n) is 10.5. The number of nitrogens with zero attached hydrogens (tertiary/aromatic N) is 10. The molecule has 7 rings (SSSR count). The fourth-order valence-corrected chi connectivity index (χ4v) is 6.62. The second kappa shape index (κ2) is 80.0. The molecular weight excluding hydrogens is 1220 g/mol. The van der Waals surface area contributed by atoms with Gasteiger partial charge >= 0.3 is 0 Å². The lowest BCUT2D eigenvalue weighted by atomic mass is 10.0. The number of hydrogen-bond acceptors (Lipinski definition) is 10. The van der Waals surface area contributed by atoms with Crippen molar-refractivity contribution in [2.24, 2.45) is 40.8 Å². The summed E-state index contributed by atoms with van der Waals surface area (Å²) in [5.41, 5.74) is 21.6. The van der Waals surface area contributed by atoms with E-state index in [1.165, 1.54) is 77.2 Å². The first-order chi connectivity index (χ1) is 47.1. The first kappa shape index (κ1) is 113. The maximum Gasteiger partial charge on any atom is 0.0344 e. The molecular formula is C90H156N10. The van der Waals surface area contributed by atoms with E-state index >= 15 is 0 Å². The Morgan fingerprint density at radius 1 is 0.210 bits per heavy atom. The standard InChI is InChI=1S/2C12H12.3C8H10.3C6H12N2.2C5H12N2.7C2H6/c1-9-3-5-12-8-10(2)4-6-11(12)7-9;1-9-5-3-8-12-10(2)6-4-7-11(9)12;1-7-3-5-8(2)6-4-7;1-7-4-3-5-8(2)6-7;1-7-5-3-4-6-8(7)2;3*1-5(2)7-8-6(3)4;2*1-5(2)6-7(3)4;7*1-2/h2*3-8H,1-2H3;3*3-6H,1-2H3;3*1-4H3;2*1-4H3;7*1-2H3. The predicted molar refractivity (Wildman–Crippen MR) is 472 cm³/mol. The second-order valence-electron chi connectivity index (χ2n) is 23.1. The van der Waals surface area contributed by atoms with Gasteiger partial charge in [0, 0.05) is 73.9 Å².